The summed E-state index contributed by atoms with van der Waals surface area (Å²) in [5.74, 6) is 0.870. The van der Waals surface area contributed by atoms with Crippen molar-refractivity contribution in [2.45, 2.75) is 20.0 Å². The largest absolute Gasteiger partial charge is 0.447 e. The molecule has 2 rings (SSSR count). The van der Waals surface area contributed by atoms with Gasteiger partial charge in [-0.15, -0.1) is 0 Å². The highest BCUT2D eigenvalue weighted by Crippen LogP contribution is 2.42. The van der Waals surface area contributed by atoms with Crippen molar-refractivity contribution < 1.29 is 9.05 Å². The van der Waals surface area contributed by atoms with E-state index in [1.807, 2.05) is 37.3 Å². The fraction of sp³-hybridized carbons (Fsp3) is 0.250. The average Bonchev–Trinajstić information content (AvgIpc) is 2.43. The normalized spacial score (nSPS) is 12.1. The van der Waals surface area contributed by atoms with Crippen LogP contribution in [0.4, 0.5) is 0 Å². The molecule has 0 saturated carbocycles. The van der Waals surface area contributed by atoms with E-state index in [0.29, 0.717) is 6.61 Å². The number of hydrogen-bond acceptors (Lipinski definition) is 2. The van der Waals surface area contributed by atoms with Crippen LogP contribution in [-0.4, -0.2) is 6.61 Å². The maximum absolute atomic E-state index is 5.93. The van der Waals surface area contributed by atoms with Crippen molar-refractivity contribution in [3.63, 3.8) is 0 Å². The zero-order valence-electron chi connectivity index (χ0n) is 11.4. The number of hydrogen-bond donors (Lipinski definition) is 0. The topological polar surface area (TPSA) is 18.5 Å². The molecule has 2 nitrogen and oxygen atoms in total. The van der Waals surface area contributed by atoms with Gasteiger partial charge >= 0.3 is 0 Å². The molecule has 0 saturated heterocycles. The predicted octanol–water partition coefficient (Wildman–Crippen LogP) is 4.92. The molecule has 19 heavy (non-hydrogen) atoms. The molecule has 0 heterocycles. The van der Waals surface area contributed by atoms with Crippen molar-refractivity contribution in [1.82, 2.24) is 0 Å². The molecule has 100 valence electrons. The van der Waals surface area contributed by atoms with E-state index in [1.165, 1.54) is 11.1 Å². The van der Waals surface area contributed by atoms with E-state index in [1.54, 1.807) is 0 Å². The molecule has 0 aliphatic rings. The van der Waals surface area contributed by atoms with E-state index in [9.17, 15) is 0 Å². The molecule has 0 N–H and O–H groups in total. The first-order valence-corrected chi connectivity index (χ1v) is 7.83. The number of aryl methyl sites for hydroxylation is 1. The molecule has 0 bridgehead atoms. The summed E-state index contributed by atoms with van der Waals surface area (Å²) in [6, 6.07) is 18.4. The van der Waals surface area contributed by atoms with Gasteiger partial charge in [0.2, 0.25) is 8.38 Å². The summed E-state index contributed by atoms with van der Waals surface area (Å²) in [6.45, 7) is 4.76. The van der Waals surface area contributed by atoms with E-state index >= 15 is 0 Å². The molecule has 0 radical (unpaired) electrons. The van der Waals surface area contributed by atoms with Gasteiger partial charge < -0.3 is 9.05 Å². The molecule has 0 amide bonds. The van der Waals surface area contributed by atoms with Gasteiger partial charge in [0.15, 0.2) is 0 Å². The van der Waals surface area contributed by atoms with Gasteiger partial charge in [-0.1, -0.05) is 48.0 Å². The summed E-state index contributed by atoms with van der Waals surface area (Å²) in [7, 11) is -0.923. The van der Waals surface area contributed by atoms with Crippen molar-refractivity contribution >= 4 is 8.38 Å². The monoisotopic (exact) mass is 274 g/mol. The zero-order valence-corrected chi connectivity index (χ0v) is 12.3. The van der Waals surface area contributed by atoms with Gasteiger partial charge in [-0.3, -0.25) is 0 Å². The van der Waals surface area contributed by atoms with Gasteiger partial charge in [0.05, 0.1) is 12.8 Å². The third-order valence-electron chi connectivity index (χ3n) is 2.66. The summed E-state index contributed by atoms with van der Waals surface area (Å²) >= 11 is 0. The second-order valence-electron chi connectivity index (χ2n) is 4.30. The Morgan fingerprint density at radius 3 is 2.26 bits per heavy atom. The van der Waals surface area contributed by atoms with Gasteiger partial charge in [-0.2, -0.15) is 0 Å². The minimum Gasteiger partial charge on any atom is -0.447 e. The van der Waals surface area contributed by atoms with Crippen LogP contribution in [0.25, 0.3) is 0 Å². The summed E-state index contributed by atoms with van der Waals surface area (Å²) in [5.41, 5.74) is 2.52. The molecule has 1 atom stereocenters. The SMILES string of the molecule is CCOP(Cc1ccc(C)cc1)Oc1ccccc1. The fourth-order valence-electron chi connectivity index (χ4n) is 1.69. The molecule has 3 heteroatoms. The molecule has 2 aromatic carbocycles. The van der Waals surface area contributed by atoms with E-state index in [-0.39, 0.29) is 0 Å². The lowest BCUT2D eigenvalue weighted by Crippen LogP contribution is -1.96. The van der Waals surface area contributed by atoms with Crippen LogP contribution in [0.2, 0.25) is 0 Å². The standard InChI is InChI=1S/C16H19O2P/c1-3-17-19(18-16-7-5-4-6-8-16)13-15-11-9-14(2)10-12-15/h4-12H,3,13H2,1-2H3. The first kappa shape index (κ1) is 14.0. The van der Waals surface area contributed by atoms with Crippen molar-refractivity contribution in [2.24, 2.45) is 0 Å². The maximum Gasteiger partial charge on any atom is 0.234 e. The second-order valence-corrected chi connectivity index (χ2v) is 5.72. The Bertz CT molecular complexity index is 482. The third-order valence-corrected chi connectivity index (χ3v) is 4.24. The lowest BCUT2D eigenvalue weighted by molar-refractivity contribution is 0.333. The number of benzene rings is 2. The van der Waals surface area contributed by atoms with Gasteiger partial charge in [0.1, 0.15) is 5.75 Å². The van der Waals surface area contributed by atoms with Crippen molar-refractivity contribution in [3.8, 4) is 5.75 Å². The Kier molecular flexibility index (Phi) is 5.38. The highest BCUT2D eigenvalue weighted by atomic mass is 31.2. The van der Waals surface area contributed by atoms with Crippen molar-refractivity contribution in [3.05, 3.63) is 65.7 Å². The molecule has 2 aromatic rings. The van der Waals surface area contributed by atoms with Gasteiger partial charge in [-0.05, 0) is 31.5 Å². The maximum atomic E-state index is 5.93. The number of rotatable bonds is 6. The van der Waals surface area contributed by atoms with E-state index in [2.05, 4.69) is 31.2 Å². The predicted molar refractivity (Wildman–Crippen MR) is 80.5 cm³/mol. The van der Waals surface area contributed by atoms with Gasteiger partial charge in [0, 0.05) is 0 Å². The molecule has 0 spiro atoms. The minimum atomic E-state index is -0.923. The Hall–Kier alpha value is -1.37. The van der Waals surface area contributed by atoms with Crippen LogP contribution in [0.1, 0.15) is 18.1 Å². The van der Waals surface area contributed by atoms with E-state index in [4.69, 9.17) is 9.05 Å². The van der Waals surface area contributed by atoms with Crippen LogP contribution in [0.5, 0.6) is 5.75 Å². The van der Waals surface area contributed by atoms with E-state index < -0.39 is 8.38 Å². The summed E-state index contributed by atoms with van der Waals surface area (Å²) in [4.78, 5) is 0. The minimum absolute atomic E-state index is 0.671. The zero-order chi connectivity index (χ0) is 13.5. The summed E-state index contributed by atoms with van der Waals surface area (Å²) in [6.07, 6.45) is 0.818. The van der Waals surface area contributed by atoms with Crippen LogP contribution < -0.4 is 4.52 Å². The van der Waals surface area contributed by atoms with Crippen LogP contribution in [-0.2, 0) is 10.7 Å². The molecular weight excluding hydrogens is 255 g/mol. The highest BCUT2D eigenvalue weighted by molar-refractivity contribution is 7.46. The van der Waals surface area contributed by atoms with Crippen LogP contribution in [0.15, 0.2) is 54.6 Å². The third kappa shape index (κ3) is 4.66. The average molecular weight is 274 g/mol. The Morgan fingerprint density at radius 1 is 0.947 bits per heavy atom. The van der Waals surface area contributed by atoms with Crippen molar-refractivity contribution in [1.29, 1.82) is 0 Å². The lowest BCUT2D eigenvalue weighted by atomic mass is 10.2. The molecular formula is C16H19O2P. The van der Waals surface area contributed by atoms with Crippen molar-refractivity contribution in [2.75, 3.05) is 6.61 Å². The van der Waals surface area contributed by atoms with Gasteiger partial charge in [0.25, 0.3) is 0 Å². The second kappa shape index (κ2) is 7.28. The highest BCUT2D eigenvalue weighted by Gasteiger charge is 2.12. The number of para-hydroxylation sites is 1. The Morgan fingerprint density at radius 2 is 1.63 bits per heavy atom. The summed E-state index contributed by atoms with van der Waals surface area (Å²) in [5, 5.41) is 0. The summed E-state index contributed by atoms with van der Waals surface area (Å²) < 4.78 is 11.7. The molecule has 0 aliphatic heterocycles. The Balaban J connectivity index is 2.01. The fourth-order valence-corrected chi connectivity index (χ4v) is 3.05. The quantitative estimate of drug-likeness (QED) is 0.696. The molecule has 1 unspecified atom stereocenters. The van der Waals surface area contributed by atoms with E-state index in [0.717, 1.165) is 11.9 Å². The van der Waals surface area contributed by atoms with Gasteiger partial charge in [-0.25, -0.2) is 0 Å². The molecule has 0 fully saturated rings. The lowest BCUT2D eigenvalue weighted by Gasteiger charge is -2.17. The van der Waals surface area contributed by atoms with Crippen LogP contribution in [0.3, 0.4) is 0 Å². The molecule has 0 aromatic heterocycles. The van der Waals surface area contributed by atoms with Crippen LogP contribution >= 0.6 is 8.38 Å². The smallest absolute Gasteiger partial charge is 0.234 e. The molecule has 0 aliphatic carbocycles. The van der Waals surface area contributed by atoms with Crippen LogP contribution in [0, 0.1) is 6.92 Å². The first-order valence-electron chi connectivity index (χ1n) is 6.47. The Labute approximate surface area is 116 Å². The first-order chi connectivity index (χ1) is 9.28.